The van der Waals surface area contributed by atoms with E-state index in [1.165, 1.54) is 0 Å². The van der Waals surface area contributed by atoms with Crippen LogP contribution in [0.15, 0.2) is 5.16 Å². The average molecular weight is 215 g/mol. The molecule has 15 heavy (non-hydrogen) atoms. The standard InChI is InChI=1S/C10H21N3O2/c1-8(6-9(11)12-14)13-4-5-15-7-10(13,2)3/h8,14H,4-7H2,1-3H3,(H2,11,12). The van der Waals surface area contributed by atoms with Gasteiger partial charge in [-0.1, -0.05) is 5.16 Å². The highest BCUT2D eigenvalue weighted by atomic mass is 16.5. The molecule has 1 unspecified atom stereocenters. The summed E-state index contributed by atoms with van der Waals surface area (Å²) in [7, 11) is 0. The maximum absolute atomic E-state index is 8.53. The van der Waals surface area contributed by atoms with Gasteiger partial charge in [0.1, 0.15) is 5.84 Å². The fourth-order valence-electron chi connectivity index (χ4n) is 2.14. The van der Waals surface area contributed by atoms with Gasteiger partial charge in [-0.3, -0.25) is 4.90 Å². The summed E-state index contributed by atoms with van der Waals surface area (Å²) in [6.45, 7) is 8.76. The van der Waals surface area contributed by atoms with Gasteiger partial charge < -0.3 is 15.7 Å². The fourth-order valence-corrected chi connectivity index (χ4v) is 2.14. The number of hydrogen-bond acceptors (Lipinski definition) is 4. The lowest BCUT2D eigenvalue weighted by molar-refractivity contribution is -0.0674. The van der Waals surface area contributed by atoms with Crippen molar-refractivity contribution in [2.45, 2.75) is 38.8 Å². The summed E-state index contributed by atoms with van der Waals surface area (Å²) in [5.74, 6) is 0.282. The highest BCUT2D eigenvalue weighted by Gasteiger charge is 2.33. The molecule has 1 aliphatic heterocycles. The van der Waals surface area contributed by atoms with E-state index in [2.05, 4.69) is 30.8 Å². The Morgan fingerprint density at radius 1 is 1.67 bits per heavy atom. The summed E-state index contributed by atoms with van der Waals surface area (Å²) in [5, 5.41) is 11.5. The molecule has 88 valence electrons. The highest BCUT2D eigenvalue weighted by molar-refractivity contribution is 5.80. The van der Waals surface area contributed by atoms with Crippen LogP contribution in [-0.4, -0.2) is 47.3 Å². The lowest BCUT2D eigenvalue weighted by Gasteiger charge is -2.45. The number of nitrogens with two attached hydrogens (primary N) is 1. The predicted molar refractivity (Wildman–Crippen MR) is 59.1 cm³/mol. The zero-order valence-corrected chi connectivity index (χ0v) is 9.73. The molecular weight excluding hydrogens is 194 g/mol. The minimum Gasteiger partial charge on any atom is -0.409 e. The molecule has 0 aromatic heterocycles. The third-order valence-corrected chi connectivity index (χ3v) is 2.87. The van der Waals surface area contributed by atoms with E-state index in [0.29, 0.717) is 6.42 Å². The molecule has 1 heterocycles. The number of amidine groups is 1. The minimum absolute atomic E-state index is 0.0212. The Morgan fingerprint density at radius 3 is 2.87 bits per heavy atom. The Labute approximate surface area is 90.9 Å². The minimum atomic E-state index is 0.0212. The number of ether oxygens (including phenoxy) is 1. The summed E-state index contributed by atoms with van der Waals surface area (Å²) >= 11 is 0. The molecule has 0 amide bonds. The predicted octanol–water partition coefficient (Wildman–Crippen LogP) is 0.622. The van der Waals surface area contributed by atoms with E-state index in [4.69, 9.17) is 15.7 Å². The highest BCUT2D eigenvalue weighted by Crippen LogP contribution is 2.22. The molecule has 3 N–H and O–H groups in total. The van der Waals surface area contributed by atoms with Crippen molar-refractivity contribution in [3.05, 3.63) is 0 Å². The van der Waals surface area contributed by atoms with Gasteiger partial charge in [-0.05, 0) is 20.8 Å². The van der Waals surface area contributed by atoms with Gasteiger partial charge in [-0.25, -0.2) is 0 Å². The Kier molecular flexibility index (Phi) is 3.93. The van der Waals surface area contributed by atoms with Gasteiger partial charge >= 0.3 is 0 Å². The number of hydrogen-bond donors (Lipinski definition) is 2. The second-order valence-corrected chi connectivity index (χ2v) is 4.70. The first kappa shape index (κ1) is 12.3. The van der Waals surface area contributed by atoms with Crippen LogP contribution in [0.4, 0.5) is 0 Å². The Bertz CT molecular complexity index is 241. The van der Waals surface area contributed by atoms with Crippen molar-refractivity contribution in [3.63, 3.8) is 0 Å². The fraction of sp³-hybridized carbons (Fsp3) is 0.900. The molecule has 0 saturated carbocycles. The van der Waals surface area contributed by atoms with Crippen LogP contribution in [0.2, 0.25) is 0 Å². The van der Waals surface area contributed by atoms with E-state index in [1.807, 2.05) is 0 Å². The lowest BCUT2D eigenvalue weighted by Crippen LogP contribution is -2.57. The van der Waals surface area contributed by atoms with Crippen LogP contribution >= 0.6 is 0 Å². The molecule has 1 aliphatic rings. The van der Waals surface area contributed by atoms with Gasteiger partial charge in [0.05, 0.1) is 13.2 Å². The summed E-state index contributed by atoms with van der Waals surface area (Å²) in [5.41, 5.74) is 5.53. The van der Waals surface area contributed by atoms with Gasteiger partial charge in [-0.2, -0.15) is 0 Å². The first-order valence-corrected chi connectivity index (χ1v) is 5.28. The summed E-state index contributed by atoms with van der Waals surface area (Å²) in [6.07, 6.45) is 0.583. The van der Waals surface area contributed by atoms with Crippen LogP contribution in [0.25, 0.3) is 0 Å². The van der Waals surface area contributed by atoms with E-state index in [1.54, 1.807) is 0 Å². The molecule has 0 bridgehead atoms. The molecular formula is C10H21N3O2. The average Bonchev–Trinajstić information content (AvgIpc) is 2.16. The molecule has 0 aliphatic carbocycles. The topological polar surface area (TPSA) is 71.1 Å². The smallest absolute Gasteiger partial charge is 0.140 e. The van der Waals surface area contributed by atoms with Crippen LogP contribution in [0.5, 0.6) is 0 Å². The quantitative estimate of drug-likeness (QED) is 0.313. The van der Waals surface area contributed by atoms with Crippen LogP contribution in [0, 0.1) is 0 Å². The van der Waals surface area contributed by atoms with E-state index in [0.717, 1.165) is 19.8 Å². The SMILES string of the molecule is CC(C/C(N)=N/O)N1CCOCC1(C)C. The number of morpholine rings is 1. The van der Waals surface area contributed by atoms with Crippen molar-refractivity contribution >= 4 is 5.84 Å². The Morgan fingerprint density at radius 2 is 2.33 bits per heavy atom. The van der Waals surface area contributed by atoms with E-state index < -0.39 is 0 Å². The number of oxime groups is 1. The third kappa shape index (κ3) is 3.07. The van der Waals surface area contributed by atoms with Crippen LogP contribution in [0.3, 0.4) is 0 Å². The number of nitrogens with zero attached hydrogens (tertiary/aromatic N) is 2. The first-order valence-electron chi connectivity index (χ1n) is 5.28. The van der Waals surface area contributed by atoms with Crippen LogP contribution < -0.4 is 5.73 Å². The van der Waals surface area contributed by atoms with Crippen molar-refractivity contribution in [1.82, 2.24) is 4.90 Å². The zero-order valence-electron chi connectivity index (χ0n) is 9.73. The Hall–Kier alpha value is -0.810. The number of rotatable bonds is 3. The maximum Gasteiger partial charge on any atom is 0.140 e. The van der Waals surface area contributed by atoms with Crippen LogP contribution in [0.1, 0.15) is 27.2 Å². The normalized spacial score (nSPS) is 25.1. The lowest BCUT2D eigenvalue weighted by atomic mass is 9.99. The van der Waals surface area contributed by atoms with Crippen molar-refractivity contribution in [3.8, 4) is 0 Å². The molecule has 1 rings (SSSR count). The summed E-state index contributed by atoms with van der Waals surface area (Å²) in [4.78, 5) is 2.34. The van der Waals surface area contributed by atoms with Crippen molar-refractivity contribution < 1.29 is 9.94 Å². The van der Waals surface area contributed by atoms with Gasteiger partial charge in [0.25, 0.3) is 0 Å². The van der Waals surface area contributed by atoms with Gasteiger partial charge in [-0.15, -0.1) is 0 Å². The largest absolute Gasteiger partial charge is 0.409 e. The Balaban J connectivity index is 2.60. The monoisotopic (exact) mass is 215 g/mol. The van der Waals surface area contributed by atoms with Crippen molar-refractivity contribution in [2.24, 2.45) is 10.9 Å². The molecule has 5 nitrogen and oxygen atoms in total. The third-order valence-electron chi connectivity index (χ3n) is 2.87. The molecule has 5 heteroatoms. The molecule has 0 aromatic rings. The molecule has 1 atom stereocenters. The van der Waals surface area contributed by atoms with Gasteiger partial charge in [0.15, 0.2) is 0 Å². The molecule has 0 aromatic carbocycles. The van der Waals surface area contributed by atoms with E-state index >= 15 is 0 Å². The second kappa shape index (κ2) is 4.81. The van der Waals surface area contributed by atoms with E-state index in [9.17, 15) is 0 Å². The molecule has 0 radical (unpaired) electrons. The van der Waals surface area contributed by atoms with Crippen molar-refractivity contribution in [2.75, 3.05) is 19.8 Å². The maximum atomic E-state index is 8.53. The molecule has 1 saturated heterocycles. The second-order valence-electron chi connectivity index (χ2n) is 4.70. The van der Waals surface area contributed by atoms with Gasteiger partial charge in [0.2, 0.25) is 0 Å². The molecule has 0 spiro atoms. The summed E-state index contributed by atoms with van der Waals surface area (Å²) < 4.78 is 5.44. The molecule has 1 fully saturated rings. The van der Waals surface area contributed by atoms with E-state index in [-0.39, 0.29) is 17.4 Å². The van der Waals surface area contributed by atoms with Crippen molar-refractivity contribution in [1.29, 1.82) is 0 Å². The van der Waals surface area contributed by atoms with Gasteiger partial charge in [0, 0.05) is 24.5 Å². The summed E-state index contributed by atoms with van der Waals surface area (Å²) in [6, 6.07) is 0.264. The first-order chi connectivity index (χ1) is 6.97. The zero-order chi connectivity index (χ0) is 11.5. The van der Waals surface area contributed by atoms with Crippen LogP contribution in [-0.2, 0) is 4.74 Å².